The lowest BCUT2D eigenvalue weighted by atomic mass is 10.1. The van der Waals surface area contributed by atoms with E-state index in [1.807, 2.05) is 44.4 Å². The minimum absolute atomic E-state index is 0.0988. The monoisotopic (exact) mass is 430 g/mol. The minimum atomic E-state index is -0.169. The molecule has 3 aromatic rings. The topological polar surface area (TPSA) is 102 Å². The Morgan fingerprint density at radius 1 is 1.10 bits per heavy atom. The number of nitrogens with one attached hydrogen (secondary N) is 2. The van der Waals surface area contributed by atoms with Gasteiger partial charge in [0.25, 0.3) is 0 Å². The van der Waals surface area contributed by atoms with Crippen LogP contribution in [0.1, 0.15) is 22.6 Å². The summed E-state index contributed by atoms with van der Waals surface area (Å²) in [5.41, 5.74) is 3.91. The summed E-state index contributed by atoms with van der Waals surface area (Å²) in [6.45, 7) is 5.90. The van der Waals surface area contributed by atoms with Gasteiger partial charge >= 0.3 is 0 Å². The van der Waals surface area contributed by atoms with Gasteiger partial charge in [-0.1, -0.05) is 17.8 Å². The summed E-state index contributed by atoms with van der Waals surface area (Å²) in [6, 6.07) is 5.79. The average molecular weight is 431 g/mol. The summed E-state index contributed by atoms with van der Waals surface area (Å²) in [6.07, 6.45) is 0.0988. The van der Waals surface area contributed by atoms with Crippen LogP contribution in [-0.2, 0) is 23.1 Å². The lowest BCUT2D eigenvalue weighted by molar-refractivity contribution is -0.116. The molecule has 2 heterocycles. The van der Waals surface area contributed by atoms with Crippen LogP contribution < -0.4 is 10.6 Å². The smallest absolute Gasteiger partial charge is 0.236 e. The first kappa shape index (κ1) is 21.0. The molecule has 2 amide bonds. The van der Waals surface area contributed by atoms with E-state index in [0.717, 1.165) is 16.9 Å². The summed E-state index contributed by atoms with van der Waals surface area (Å²) in [5, 5.41) is 16.8. The second-order valence-corrected chi connectivity index (χ2v) is 8.41. The number of aromatic nitrogens is 4. The minimum Gasteiger partial charge on any atom is -0.326 e. The molecule has 8 nitrogen and oxygen atoms in total. The molecule has 0 bridgehead atoms. The Kier molecular flexibility index (Phi) is 6.65. The third-order valence-corrected chi connectivity index (χ3v) is 6.13. The SMILES string of the molecule is Cc1csc(NC(=O)CSc2nnc(CC(=O)Nc3ccc(C)c(C)c3)n2C)n1. The second kappa shape index (κ2) is 9.19. The first-order chi connectivity index (χ1) is 13.8. The number of aryl methyl sites for hydroxylation is 3. The maximum atomic E-state index is 12.3. The van der Waals surface area contributed by atoms with Crippen LogP contribution in [0, 0.1) is 20.8 Å². The lowest BCUT2D eigenvalue weighted by Gasteiger charge is -2.08. The number of thiazole rings is 1. The van der Waals surface area contributed by atoms with Crippen LogP contribution in [-0.4, -0.2) is 37.3 Å². The Morgan fingerprint density at radius 2 is 1.90 bits per heavy atom. The van der Waals surface area contributed by atoms with E-state index in [1.54, 1.807) is 11.6 Å². The largest absolute Gasteiger partial charge is 0.326 e. The molecule has 0 aliphatic carbocycles. The maximum Gasteiger partial charge on any atom is 0.236 e. The quantitative estimate of drug-likeness (QED) is 0.559. The summed E-state index contributed by atoms with van der Waals surface area (Å²) >= 11 is 2.64. The summed E-state index contributed by atoms with van der Waals surface area (Å²) in [7, 11) is 1.78. The van der Waals surface area contributed by atoms with Gasteiger partial charge in [0.2, 0.25) is 11.8 Å². The van der Waals surface area contributed by atoms with Crippen molar-refractivity contribution in [3.05, 3.63) is 46.2 Å². The molecule has 0 unspecified atom stereocenters. The highest BCUT2D eigenvalue weighted by Gasteiger charge is 2.15. The van der Waals surface area contributed by atoms with Crippen molar-refractivity contribution in [1.82, 2.24) is 19.7 Å². The van der Waals surface area contributed by atoms with Crippen molar-refractivity contribution in [3.63, 3.8) is 0 Å². The van der Waals surface area contributed by atoms with Gasteiger partial charge in [-0.3, -0.25) is 9.59 Å². The van der Waals surface area contributed by atoms with Crippen molar-refractivity contribution in [2.24, 2.45) is 7.05 Å². The van der Waals surface area contributed by atoms with Gasteiger partial charge in [0.1, 0.15) is 5.82 Å². The van der Waals surface area contributed by atoms with Crippen molar-refractivity contribution in [1.29, 1.82) is 0 Å². The van der Waals surface area contributed by atoms with Gasteiger partial charge < -0.3 is 15.2 Å². The number of rotatable bonds is 7. The number of thioether (sulfide) groups is 1. The molecule has 10 heteroatoms. The molecule has 1 aromatic carbocycles. The Balaban J connectivity index is 1.53. The zero-order valence-electron chi connectivity index (χ0n) is 16.6. The van der Waals surface area contributed by atoms with Crippen molar-refractivity contribution in [2.45, 2.75) is 32.3 Å². The van der Waals surface area contributed by atoms with Crippen LogP contribution in [0.4, 0.5) is 10.8 Å². The van der Waals surface area contributed by atoms with E-state index in [2.05, 4.69) is 25.8 Å². The fourth-order valence-corrected chi connectivity index (χ4v) is 3.92. The Labute approximate surface area is 177 Å². The van der Waals surface area contributed by atoms with Crippen molar-refractivity contribution >= 4 is 45.7 Å². The molecule has 0 radical (unpaired) electrons. The fourth-order valence-electron chi connectivity index (χ4n) is 2.49. The number of carbonyl (C=O) groups excluding carboxylic acids is 2. The molecule has 0 spiro atoms. The third-order valence-electron chi connectivity index (χ3n) is 4.23. The normalized spacial score (nSPS) is 10.8. The predicted molar refractivity (Wildman–Crippen MR) is 115 cm³/mol. The van der Waals surface area contributed by atoms with Gasteiger partial charge in [-0.15, -0.1) is 21.5 Å². The number of nitrogens with zero attached hydrogens (tertiary/aromatic N) is 4. The number of amides is 2. The van der Waals surface area contributed by atoms with Crippen LogP contribution in [0.5, 0.6) is 0 Å². The molecule has 29 heavy (non-hydrogen) atoms. The number of anilines is 2. The van der Waals surface area contributed by atoms with E-state index in [9.17, 15) is 9.59 Å². The zero-order valence-corrected chi connectivity index (χ0v) is 18.3. The fraction of sp³-hybridized carbons (Fsp3) is 0.316. The van der Waals surface area contributed by atoms with E-state index in [-0.39, 0.29) is 24.0 Å². The van der Waals surface area contributed by atoms with Crippen LogP contribution in [0.15, 0.2) is 28.7 Å². The van der Waals surface area contributed by atoms with E-state index >= 15 is 0 Å². The van der Waals surface area contributed by atoms with Crippen molar-refractivity contribution in [2.75, 3.05) is 16.4 Å². The highest BCUT2D eigenvalue weighted by atomic mass is 32.2. The van der Waals surface area contributed by atoms with Crippen molar-refractivity contribution in [3.8, 4) is 0 Å². The molecular formula is C19H22N6O2S2. The third kappa shape index (κ3) is 5.64. The molecule has 0 aliphatic rings. The Morgan fingerprint density at radius 3 is 2.59 bits per heavy atom. The van der Waals surface area contributed by atoms with E-state index in [4.69, 9.17) is 0 Å². The molecule has 2 N–H and O–H groups in total. The van der Waals surface area contributed by atoms with Gasteiger partial charge in [-0.05, 0) is 44.0 Å². The highest BCUT2D eigenvalue weighted by molar-refractivity contribution is 7.99. The van der Waals surface area contributed by atoms with Gasteiger partial charge in [0.05, 0.1) is 17.9 Å². The van der Waals surface area contributed by atoms with Crippen LogP contribution in [0.25, 0.3) is 0 Å². The van der Waals surface area contributed by atoms with Gasteiger partial charge in [0, 0.05) is 18.1 Å². The zero-order chi connectivity index (χ0) is 21.0. The molecule has 2 aromatic heterocycles. The summed E-state index contributed by atoms with van der Waals surface area (Å²) in [5.74, 6) is 0.378. The number of hydrogen-bond acceptors (Lipinski definition) is 7. The van der Waals surface area contributed by atoms with Crippen LogP contribution in [0.3, 0.4) is 0 Å². The summed E-state index contributed by atoms with van der Waals surface area (Å²) < 4.78 is 1.73. The predicted octanol–water partition coefficient (Wildman–Crippen LogP) is 3.11. The number of benzene rings is 1. The van der Waals surface area contributed by atoms with Crippen molar-refractivity contribution < 1.29 is 9.59 Å². The molecule has 0 saturated heterocycles. The molecular weight excluding hydrogens is 408 g/mol. The van der Waals surface area contributed by atoms with Gasteiger partial charge in [-0.2, -0.15) is 0 Å². The van der Waals surface area contributed by atoms with Gasteiger partial charge in [-0.25, -0.2) is 4.98 Å². The molecule has 0 fully saturated rings. The molecule has 152 valence electrons. The molecule has 0 aliphatic heterocycles. The van der Waals surface area contributed by atoms with E-state index in [1.165, 1.54) is 28.7 Å². The van der Waals surface area contributed by atoms with E-state index < -0.39 is 0 Å². The first-order valence-electron chi connectivity index (χ1n) is 8.92. The second-order valence-electron chi connectivity index (χ2n) is 6.61. The highest BCUT2D eigenvalue weighted by Crippen LogP contribution is 2.19. The van der Waals surface area contributed by atoms with E-state index in [0.29, 0.717) is 16.1 Å². The van der Waals surface area contributed by atoms with Crippen LogP contribution >= 0.6 is 23.1 Å². The standard InChI is InChI=1S/C19H22N6O2S2/c1-11-5-6-14(7-12(11)2)21-16(26)8-15-23-24-19(25(15)4)29-10-17(27)22-18-20-13(3)9-28-18/h5-7,9H,8,10H2,1-4H3,(H,21,26)(H,20,22,27). The Hall–Kier alpha value is -2.72. The van der Waals surface area contributed by atoms with Crippen LogP contribution in [0.2, 0.25) is 0 Å². The number of hydrogen-bond donors (Lipinski definition) is 2. The number of carbonyl (C=O) groups is 2. The average Bonchev–Trinajstić information content (AvgIpc) is 3.22. The maximum absolute atomic E-state index is 12.3. The lowest BCUT2D eigenvalue weighted by Crippen LogP contribution is -2.17. The summed E-state index contributed by atoms with van der Waals surface area (Å²) in [4.78, 5) is 28.6. The molecule has 0 atom stereocenters. The Bertz CT molecular complexity index is 1040. The molecule has 0 saturated carbocycles. The first-order valence-corrected chi connectivity index (χ1v) is 10.8. The van der Waals surface area contributed by atoms with Gasteiger partial charge in [0.15, 0.2) is 10.3 Å². The molecule has 3 rings (SSSR count).